The maximum Gasteiger partial charge on any atom is 0.303 e. The van der Waals surface area contributed by atoms with Crippen molar-refractivity contribution < 1.29 is 15.0 Å². The molecule has 0 aliphatic rings. The van der Waals surface area contributed by atoms with Crippen molar-refractivity contribution in [2.45, 2.75) is 136 Å². The average molecular weight is 471 g/mol. The molecule has 0 aliphatic heterocycles. The molecule has 0 amide bonds. The number of carboxylic acid groups (broad SMARTS) is 1. The first-order valence-corrected chi connectivity index (χ1v) is 12.8. The summed E-state index contributed by atoms with van der Waals surface area (Å²) in [5.74, 6) is 17.2. The number of terminal acetylenes is 2. The van der Waals surface area contributed by atoms with Crippen LogP contribution in [0.2, 0.25) is 0 Å². The van der Waals surface area contributed by atoms with Crippen molar-refractivity contribution in [3.8, 4) is 48.4 Å². The van der Waals surface area contributed by atoms with Gasteiger partial charge in [-0.2, -0.15) is 0 Å². The van der Waals surface area contributed by atoms with Crippen LogP contribution >= 0.6 is 0 Å². The molecule has 0 rings (SSSR count). The second-order valence-electron chi connectivity index (χ2n) is 8.08. The average Bonchev–Trinajstić information content (AvgIpc) is 2.81. The topological polar surface area (TPSA) is 57.5 Å². The molecule has 0 aromatic heterocycles. The van der Waals surface area contributed by atoms with Gasteiger partial charge in [-0.25, -0.2) is 0 Å². The van der Waals surface area contributed by atoms with Gasteiger partial charge in [-0.1, -0.05) is 39.5 Å². The highest BCUT2D eigenvalue weighted by molar-refractivity contribution is 5.66. The summed E-state index contributed by atoms with van der Waals surface area (Å²) in [5.41, 5.74) is 0. The van der Waals surface area contributed by atoms with Crippen LogP contribution < -0.4 is 0 Å². The molecule has 0 aromatic rings. The van der Waals surface area contributed by atoms with Crippen molar-refractivity contribution in [1.29, 1.82) is 0 Å². The predicted molar refractivity (Wildman–Crippen MR) is 147 cm³/mol. The Bertz CT molecular complexity index is 628. The molecule has 0 unspecified atom stereocenters. The Morgan fingerprint density at radius 3 is 1.24 bits per heavy atom. The molecule has 0 bridgehead atoms. The van der Waals surface area contributed by atoms with Crippen molar-refractivity contribution in [1.82, 2.24) is 0 Å². The fraction of sp³-hybridized carbons (Fsp3) is 0.710. The fourth-order valence-electron chi connectivity index (χ4n) is 2.93. The fourth-order valence-corrected chi connectivity index (χ4v) is 2.93. The van der Waals surface area contributed by atoms with Gasteiger partial charge in [0.1, 0.15) is 0 Å². The number of rotatable bonds is 18. The first-order chi connectivity index (χ1) is 16.2. The van der Waals surface area contributed by atoms with Crippen LogP contribution in [0.3, 0.4) is 0 Å². The SMILES string of the molecule is C.C#CCCCCC#CCCCCCCC(=O)O.C#CCCCCC#CCCCCCCCO. The number of hydrogen-bond acceptors (Lipinski definition) is 2. The van der Waals surface area contributed by atoms with Gasteiger partial charge < -0.3 is 10.2 Å². The van der Waals surface area contributed by atoms with E-state index in [0.717, 1.165) is 103 Å². The summed E-state index contributed by atoms with van der Waals surface area (Å²) in [6.07, 6.45) is 30.3. The number of hydrogen-bond donors (Lipinski definition) is 2. The van der Waals surface area contributed by atoms with Gasteiger partial charge in [0.05, 0.1) is 0 Å². The van der Waals surface area contributed by atoms with Crippen molar-refractivity contribution in [2.24, 2.45) is 0 Å². The lowest BCUT2D eigenvalue weighted by molar-refractivity contribution is -0.137. The highest BCUT2D eigenvalue weighted by atomic mass is 16.4. The lowest BCUT2D eigenvalue weighted by Crippen LogP contribution is -1.93. The molecule has 2 N–H and O–H groups in total. The van der Waals surface area contributed by atoms with E-state index in [1.165, 1.54) is 19.3 Å². The maximum atomic E-state index is 10.2. The van der Waals surface area contributed by atoms with Gasteiger partial charge in [0.25, 0.3) is 0 Å². The van der Waals surface area contributed by atoms with E-state index in [9.17, 15) is 4.79 Å². The van der Waals surface area contributed by atoms with E-state index in [1.54, 1.807) is 0 Å². The molecule has 0 aliphatic carbocycles. The number of aliphatic hydroxyl groups is 1. The molecule has 0 spiro atoms. The van der Waals surface area contributed by atoms with Crippen LogP contribution in [0.25, 0.3) is 0 Å². The lowest BCUT2D eigenvalue weighted by atomic mass is 10.1. The van der Waals surface area contributed by atoms with E-state index in [0.29, 0.717) is 13.0 Å². The van der Waals surface area contributed by atoms with Crippen LogP contribution in [-0.2, 0) is 4.79 Å². The van der Waals surface area contributed by atoms with Crippen LogP contribution in [0.1, 0.15) is 136 Å². The number of aliphatic hydroxyl groups excluding tert-OH is 1. The van der Waals surface area contributed by atoms with Crippen LogP contribution in [-0.4, -0.2) is 22.8 Å². The minimum Gasteiger partial charge on any atom is -0.481 e. The summed E-state index contributed by atoms with van der Waals surface area (Å²) in [4.78, 5) is 10.2. The lowest BCUT2D eigenvalue weighted by Gasteiger charge is -1.96. The van der Waals surface area contributed by atoms with E-state index in [1.807, 2.05) is 0 Å². The maximum absolute atomic E-state index is 10.2. The summed E-state index contributed by atoms with van der Waals surface area (Å²) in [6.45, 7) is 0.331. The summed E-state index contributed by atoms with van der Waals surface area (Å²) in [7, 11) is 0. The van der Waals surface area contributed by atoms with Gasteiger partial charge in [-0.3, -0.25) is 4.79 Å². The monoisotopic (exact) mass is 470 g/mol. The van der Waals surface area contributed by atoms with Gasteiger partial charge in [-0.15, -0.1) is 48.4 Å². The predicted octanol–water partition coefficient (Wildman–Crippen LogP) is 7.76. The van der Waals surface area contributed by atoms with Crippen molar-refractivity contribution in [2.75, 3.05) is 6.61 Å². The molecule has 0 radical (unpaired) electrons. The third-order valence-electron chi connectivity index (χ3n) is 4.90. The molecule has 0 atom stereocenters. The van der Waals surface area contributed by atoms with E-state index in [4.69, 9.17) is 23.1 Å². The van der Waals surface area contributed by atoms with Gasteiger partial charge >= 0.3 is 5.97 Å². The van der Waals surface area contributed by atoms with E-state index in [2.05, 4.69) is 35.5 Å². The van der Waals surface area contributed by atoms with Crippen molar-refractivity contribution >= 4 is 5.97 Å². The number of carbonyl (C=O) groups is 1. The largest absolute Gasteiger partial charge is 0.481 e. The zero-order valence-corrected chi connectivity index (χ0v) is 20.8. The first-order valence-electron chi connectivity index (χ1n) is 12.8. The third-order valence-corrected chi connectivity index (χ3v) is 4.90. The summed E-state index contributed by atoms with van der Waals surface area (Å²) in [6, 6.07) is 0. The van der Waals surface area contributed by atoms with E-state index >= 15 is 0 Å². The Hall–Kier alpha value is -2.33. The molecule has 0 saturated carbocycles. The molecule has 34 heavy (non-hydrogen) atoms. The summed E-state index contributed by atoms with van der Waals surface area (Å²) in [5, 5.41) is 17.0. The number of aliphatic carboxylic acids is 1. The van der Waals surface area contributed by atoms with Crippen LogP contribution in [0.4, 0.5) is 0 Å². The first kappa shape index (κ1) is 36.2. The second-order valence-corrected chi connectivity index (χ2v) is 8.08. The molecular formula is C31H50O3. The van der Waals surface area contributed by atoms with Crippen molar-refractivity contribution in [3.05, 3.63) is 0 Å². The minimum absolute atomic E-state index is 0. The zero-order chi connectivity index (χ0) is 24.7. The van der Waals surface area contributed by atoms with E-state index < -0.39 is 5.97 Å². The van der Waals surface area contributed by atoms with E-state index in [-0.39, 0.29) is 7.43 Å². The van der Waals surface area contributed by atoms with Crippen LogP contribution in [0.15, 0.2) is 0 Å². The van der Waals surface area contributed by atoms with Gasteiger partial charge in [0.15, 0.2) is 0 Å². The normalized spacial score (nSPS) is 8.91. The Morgan fingerprint density at radius 1 is 0.529 bits per heavy atom. The highest BCUT2D eigenvalue weighted by Gasteiger charge is 1.95. The van der Waals surface area contributed by atoms with Crippen LogP contribution in [0, 0.1) is 48.4 Å². The smallest absolute Gasteiger partial charge is 0.303 e. The molecule has 0 fully saturated rings. The van der Waals surface area contributed by atoms with Crippen LogP contribution in [0.5, 0.6) is 0 Å². The summed E-state index contributed by atoms with van der Waals surface area (Å²) >= 11 is 0. The Balaban J connectivity index is -0.000000550. The third kappa shape index (κ3) is 40.1. The number of carboxylic acids is 1. The van der Waals surface area contributed by atoms with Gasteiger partial charge in [0, 0.05) is 51.6 Å². The molecule has 3 nitrogen and oxygen atoms in total. The molecule has 0 heterocycles. The Labute approximate surface area is 211 Å². The van der Waals surface area contributed by atoms with Gasteiger partial charge in [0.2, 0.25) is 0 Å². The number of unbranched alkanes of at least 4 members (excludes halogenated alkanes) is 15. The molecular weight excluding hydrogens is 420 g/mol. The Morgan fingerprint density at radius 2 is 0.853 bits per heavy atom. The molecule has 0 saturated heterocycles. The Kier molecular flexibility index (Phi) is 37.6. The standard InChI is InChI=1S/C15H22O2.C15H24O.CH4/c1-2-3-4-5-6-7-8-9-10-11-12-13-14-15(16)17;1-2-3-4-5-6-7-8-9-10-11-12-13-14-15-16;/h1H,3-6,9-14H2,(H,16,17);1,16H,3-6,9-15H2;1H4. The summed E-state index contributed by atoms with van der Waals surface area (Å²) < 4.78 is 0. The molecule has 192 valence electrons. The van der Waals surface area contributed by atoms with Crippen molar-refractivity contribution in [3.63, 3.8) is 0 Å². The quantitative estimate of drug-likeness (QED) is 0.159. The molecule has 0 aromatic carbocycles. The molecule has 3 heteroatoms. The second kappa shape index (κ2) is 35.3. The van der Waals surface area contributed by atoms with Gasteiger partial charge in [-0.05, 0) is 51.4 Å². The minimum atomic E-state index is -0.697. The zero-order valence-electron chi connectivity index (χ0n) is 20.8. The highest BCUT2D eigenvalue weighted by Crippen LogP contribution is 2.06.